The average Bonchev–Trinajstić information content (AvgIpc) is 2.32. The van der Waals surface area contributed by atoms with Gasteiger partial charge in [-0.1, -0.05) is 12.2 Å². The normalized spacial score (nSPS) is 13.3. The van der Waals surface area contributed by atoms with E-state index < -0.39 is 17.7 Å². The third-order valence-corrected chi connectivity index (χ3v) is 2.00. The Morgan fingerprint density at radius 2 is 1.60 bits per heavy atom. The molecule has 1 N–H and O–H groups in total. The van der Waals surface area contributed by atoms with Crippen LogP contribution in [-0.2, 0) is 14.3 Å². The quantitative estimate of drug-likeness (QED) is 0.488. The van der Waals surface area contributed by atoms with Gasteiger partial charge in [-0.25, -0.2) is 9.59 Å². The Kier molecular flexibility index (Phi) is 7.36. The Bertz CT molecular complexity index is 439. The van der Waals surface area contributed by atoms with Crippen molar-refractivity contribution in [3.8, 4) is 0 Å². The monoisotopic (exact) mass is 281 g/mol. The third kappa shape index (κ3) is 6.78. The molecule has 0 unspecified atom stereocenters. The van der Waals surface area contributed by atoms with Crippen molar-refractivity contribution in [3.05, 3.63) is 35.6 Å². The molecule has 0 aromatic heterocycles. The fourth-order valence-electron chi connectivity index (χ4n) is 1.32. The van der Waals surface area contributed by atoms with Crippen LogP contribution in [0.4, 0.5) is 4.79 Å². The Morgan fingerprint density at radius 1 is 1.05 bits per heavy atom. The molecule has 0 bridgehead atoms. The maximum Gasteiger partial charge on any atom is 0.412 e. The second kappa shape index (κ2) is 8.19. The molecule has 0 aliphatic carbocycles. The van der Waals surface area contributed by atoms with E-state index in [0.717, 1.165) is 0 Å². The Labute approximate surface area is 120 Å². The smallest absolute Gasteiger partial charge is 0.412 e. The summed E-state index contributed by atoms with van der Waals surface area (Å²) in [7, 11) is 1.28. The molecular formula is C15H23NO4. The molecule has 20 heavy (non-hydrogen) atoms. The van der Waals surface area contributed by atoms with Gasteiger partial charge in [0.05, 0.1) is 18.4 Å². The van der Waals surface area contributed by atoms with E-state index in [2.05, 4.69) is 5.32 Å². The second-order valence-corrected chi connectivity index (χ2v) is 4.95. The summed E-state index contributed by atoms with van der Waals surface area (Å²) < 4.78 is 9.86. The average molecular weight is 281 g/mol. The molecule has 0 atom stereocenters. The molecule has 0 heterocycles. The number of alkyl carbamates (subject to hydrolysis) is 1. The van der Waals surface area contributed by atoms with Crippen molar-refractivity contribution in [2.75, 3.05) is 7.11 Å². The molecule has 5 nitrogen and oxygen atoms in total. The zero-order valence-electron chi connectivity index (χ0n) is 12.9. The maximum absolute atomic E-state index is 11.8. The fourth-order valence-corrected chi connectivity index (χ4v) is 1.32. The van der Waals surface area contributed by atoms with Crippen LogP contribution >= 0.6 is 0 Å². The molecule has 0 saturated carbocycles. The van der Waals surface area contributed by atoms with Crippen LogP contribution in [-0.4, -0.2) is 24.8 Å². The zero-order chi connectivity index (χ0) is 15.8. The van der Waals surface area contributed by atoms with Crippen LogP contribution in [0, 0.1) is 0 Å². The number of carbonyl (C=O) groups excluding carboxylic acids is 2. The van der Waals surface area contributed by atoms with E-state index in [1.54, 1.807) is 58.9 Å². The van der Waals surface area contributed by atoms with Crippen molar-refractivity contribution >= 4 is 12.1 Å². The van der Waals surface area contributed by atoms with E-state index >= 15 is 0 Å². The largest absolute Gasteiger partial charge is 0.465 e. The van der Waals surface area contributed by atoms with E-state index in [-0.39, 0.29) is 5.57 Å². The van der Waals surface area contributed by atoms with Gasteiger partial charge < -0.3 is 9.47 Å². The highest BCUT2D eigenvalue weighted by Gasteiger charge is 2.19. The van der Waals surface area contributed by atoms with Gasteiger partial charge in [0.25, 0.3) is 0 Å². The summed E-state index contributed by atoms with van der Waals surface area (Å²) >= 11 is 0. The van der Waals surface area contributed by atoms with Crippen LogP contribution in [0.2, 0.25) is 0 Å². The van der Waals surface area contributed by atoms with Crippen LogP contribution in [0.1, 0.15) is 34.6 Å². The van der Waals surface area contributed by atoms with E-state index in [1.165, 1.54) is 7.11 Å². The number of methoxy groups -OCH3 is 1. The maximum atomic E-state index is 11.8. The number of hydrogen-bond acceptors (Lipinski definition) is 4. The van der Waals surface area contributed by atoms with E-state index in [4.69, 9.17) is 9.47 Å². The lowest BCUT2D eigenvalue weighted by atomic mass is 10.1. The van der Waals surface area contributed by atoms with Crippen molar-refractivity contribution in [1.82, 2.24) is 5.32 Å². The number of carbonyl (C=O) groups is 2. The molecule has 112 valence electrons. The summed E-state index contributed by atoms with van der Waals surface area (Å²) in [5.41, 5.74) is -0.0393. The second-order valence-electron chi connectivity index (χ2n) is 4.95. The molecule has 0 aromatic carbocycles. The Balaban J connectivity index is 5.39. The Morgan fingerprint density at radius 3 is 2.00 bits per heavy atom. The molecule has 0 radical (unpaired) electrons. The highest BCUT2D eigenvalue weighted by molar-refractivity contribution is 5.93. The summed E-state index contributed by atoms with van der Waals surface area (Å²) in [6, 6.07) is 0. The van der Waals surface area contributed by atoms with Crippen LogP contribution in [0.3, 0.4) is 0 Å². The highest BCUT2D eigenvalue weighted by Crippen LogP contribution is 2.11. The van der Waals surface area contributed by atoms with Crippen LogP contribution < -0.4 is 5.32 Å². The van der Waals surface area contributed by atoms with Gasteiger partial charge in [-0.3, -0.25) is 5.32 Å². The molecule has 0 spiro atoms. The molecule has 0 aliphatic heterocycles. The van der Waals surface area contributed by atoms with Crippen molar-refractivity contribution in [2.45, 2.75) is 40.2 Å². The number of amides is 1. The molecule has 0 fully saturated rings. The molecule has 5 heteroatoms. The van der Waals surface area contributed by atoms with Gasteiger partial charge in [0, 0.05) is 0 Å². The van der Waals surface area contributed by atoms with Gasteiger partial charge in [-0.05, 0) is 46.8 Å². The highest BCUT2D eigenvalue weighted by atomic mass is 16.6. The van der Waals surface area contributed by atoms with E-state index in [0.29, 0.717) is 5.70 Å². The minimum Gasteiger partial charge on any atom is -0.465 e. The number of hydrogen-bond donors (Lipinski definition) is 1. The first-order chi connectivity index (χ1) is 9.25. The summed E-state index contributed by atoms with van der Waals surface area (Å²) in [6.45, 7) is 8.83. The zero-order valence-corrected chi connectivity index (χ0v) is 12.9. The van der Waals surface area contributed by atoms with Crippen LogP contribution in [0.15, 0.2) is 35.6 Å². The van der Waals surface area contributed by atoms with Crippen molar-refractivity contribution in [1.29, 1.82) is 0 Å². The first kappa shape index (κ1) is 18.0. The van der Waals surface area contributed by atoms with Crippen LogP contribution in [0.25, 0.3) is 0 Å². The SMILES string of the molecule is C\C=C/C(NC(=O)OC(C)(C)C)=C(\C=C/C)C(=O)OC. The lowest BCUT2D eigenvalue weighted by Gasteiger charge is -2.20. The summed E-state index contributed by atoms with van der Waals surface area (Å²) in [5.74, 6) is -0.535. The van der Waals surface area contributed by atoms with Gasteiger partial charge in [-0.2, -0.15) is 0 Å². The Hall–Kier alpha value is -2.04. The number of nitrogens with one attached hydrogen (secondary N) is 1. The summed E-state index contributed by atoms with van der Waals surface area (Å²) in [6.07, 6.45) is 5.94. The lowest BCUT2D eigenvalue weighted by Crippen LogP contribution is -2.32. The molecule has 0 aromatic rings. The number of rotatable bonds is 4. The summed E-state index contributed by atoms with van der Waals surface area (Å²) in [5, 5.41) is 2.55. The van der Waals surface area contributed by atoms with Crippen molar-refractivity contribution < 1.29 is 19.1 Å². The van der Waals surface area contributed by atoms with Gasteiger partial charge in [0.1, 0.15) is 5.60 Å². The van der Waals surface area contributed by atoms with Gasteiger partial charge in [0.15, 0.2) is 0 Å². The van der Waals surface area contributed by atoms with Crippen molar-refractivity contribution in [2.24, 2.45) is 0 Å². The molecule has 1 amide bonds. The number of esters is 1. The molecule has 0 aliphatic rings. The number of allylic oxidation sites excluding steroid dienone is 3. The predicted molar refractivity (Wildman–Crippen MR) is 78.0 cm³/mol. The predicted octanol–water partition coefficient (Wildman–Crippen LogP) is 3.09. The van der Waals surface area contributed by atoms with Gasteiger partial charge >= 0.3 is 12.1 Å². The van der Waals surface area contributed by atoms with Gasteiger partial charge in [-0.15, -0.1) is 0 Å². The standard InChI is InChI=1S/C15H23NO4/c1-7-9-11(13(17)19-6)12(10-8-2)16-14(18)20-15(3,4)5/h7-10H,1-6H3,(H,16,18)/b9-7-,10-8-,12-11-. The fraction of sp³-hybridized carbons (Fsp3) is 0.467. The van der Waals surface area contributed by atoms with E-state index in [9.17, 15) is 9.59 Å². The molecular weight excluding hydrogens is 258 g/mol. The number of ether oxygens (including phenoxy) is 2. The first-order valence-electron chi connectivity index (χ1n) is 6.33. The van der Waals surface area contributed by atoms with Crippen LogP contribution in [0.5, 0.6) is 0 Å². The van der Waals surface area contributed by atoms with Gasteiger partial charge in [0.2, 0.25) is 0 Å². The van der Waals surface area contributed by atoms with E-state index in [1.807, 2.05) is 0 Å². The third-order valence-electron chi connectivity index (χ3n) is 2.00. The van der Waals surface area contributed by atoms with Crippen molar-refractivity contribution in [3.63, 3.8) is 0 Å². The minimum absolute atomic E-state index is 0.249. The summed E-state index contributed by atoms with van der Waals surface area (Å²) in [4.78, 5) is 23.5. The lowest BCUT2D eigenvalue weighted by molar-refractivity contribution is -0.135. The first-order valence-corrected chi connectivity index (χ1v) is 6.33. The molecule has 0 rings (SSSR count). The molecule has 0 saturated heterocycles. The minimum atomic E-state index is -0.628. The topological polar surface area (TPSA) is 64.6 Å².